The quantitative estimate of drug-likeness (QED) is 0.758. The monoisotopic (exact) mass is 361 g/mol. The molecule has 2 aromatic heterocycles. The van der Waals surface area contributed by atoms with Gasteiger partial charge < -0.3 is 0 Å². The number of sulfonamides is 1. The van der Waals surface area contributed by atoms with Crippen LogP contribution in [0.5, 0.6) is 0 Å². The van der Waals surface area contributed by atoms with Crippen molar-refractivity contribution < 1.29 is 17.2 Å². The molecule has 0 radical (unpaired) electrons. The van der Waals surface area contributed by atoms with Crippen LogP contribution in [-0.4, -0.2) is 18.4 Å². The van der Waals surface area contributed by atoms with E-state index < -0.39 is 26.6 Å². The molecule has 0 unspecified atom stereocenters. The van der Waals surface area contributed by atoms with E-state index in [0.29, 0.717) is 11.3 Å². The van der Waals surface area contributed by atoms with E-state index in [0.717, 1.165) is 23.8 Å². The Bertz CT molecular complexity index is 958. The fraction of sp³-hybridized carbons (Fsp3) is 0.0588. The van der Waals surface area contributed by atoms with Gasteiger partial charge in [0.05, 0.1) is 5.69 Å². The molecule has 0 aliphatic heterocycles. The molecule has 0 aliphatic rings. The average molecular weight is 361 g/mol. The predicted molar refractivity (Wildman–Crippen MR) is 87.9 cm³/mol. The molecule has 0 aliphatic carbocycles. The number of benzene rings is 1. The summed E-state index contributed by atoms with van der Waals surface area (Å²) < 4.78 is 53.7. The fourth-order valence-corrected chi connectivity index (χ4v) is 3.35. The molecule has 8 heteroatoms. The highest BCUT2D eigenvalue weighted by Gasteiger charge is 2.23. The lowest BCUT2D eigenvalue weighted by atomic mass is 10.1. The van der Waals surface area contributed by atoms with Gasteiger partial charge in [0.25, 0.3) is 0 Å². The highest BCUT2D eigenvalue weighted by molar-refractivity contribution is 7.89. The van der Waals surface area contributed by atoms with Crippen molar-refractivity contribution in [3.8, 4) is 11.3 Å². The topological polar surface area (TPSA) is 72.0 Å². The molecule has 1 N–H and O–H groups in total. The van der Waals surface area contributed by atoms with E-state index in [9.17, 15) is 17.2 Å². The highest BCUT2D eigenvalue weighted by atomic mass is 32.2. The minimum absolute atomic E-state index is 0.142. The van der Waals surface area contributed by atoms with Crippen LogP contribution in [0.25, 0.3) is 11.3 Å². The van der Waals surface area contributed by atoms with Crippen LogP contribution in [0.2, 0.25) is 0 Å². The normalized spacial score (nSPS) is 11.4. The molecule has 0 amide bonds. The molecule has 128 valence electrons. The summed E-state index contributed by atoms with van der Waals surface area (Å²) in [5.41, 5.74) is 2.05. The first kappa shape index (κ1) is 17.1. The number of aromatic nitrogens is 2. The van der Waals surface area contributed by atoms with E-state index >= 15 is 0 Å². The van der Waals surface area contributed by atoms with E-state index in [4.69, 9.17) is 0 Å². The molecular weight excluding hydrogens is 348 g/mol. The maximum absolute atomic E-state index is 13.6. The second-order valence-corrected chi connectivity index (χ2v) is 6.87. The molecule has 3 aromatic rings. The smallest absolute Gasteiger partial charge is 0.246 e. The van der Waals surface area contributed by atoms with Gasteiger partial charge in [-0.15, -0.1) is 0 Å². The SMILES string of the molecule is O=S(=O)(NCc1ccc(-c2cccnc2)nc1)c1c(F)cccc1F. The second kappa shape index (κ2) is 7.04. The summed E-state index contributed by atoms with van der Waals surface area (Å²) >= 11 is 0. The van der Waals surface area contributed by atoms with E-state index in [2.05, 4.69) is 14.7 Å². The maximum atomic E-state index is 13.6. The van der Waals surface area contributed by atoms with Gasteiger partial charge in [-0.05, 0) is 35.9 Å². The first-order chi connectivity index (χ1) is 12.0. The summed E-state index contributed by atoms with van der Waals surface area (Å²) in [5.74, 6) is -2.28. The third-order valence-electron chi connectivity index (χ3n) is 3.44. The lowest BCUT2D eigenvalue weighted by Gasteiger charge is -2.09. The number of hydrogen-bond donors (Lipinski definition) is 1. The summed E-state index contributed by atoms with van der Waals surface area (Å²) in [4.78, 5) is 7.24. The van der Waals surface area contributed by atoms with Crippen molar-refractivity contribution in [2.45, 2.75) is 11.4 Å². The van der Waals surface area contributed by atoms with E-state index in [1.807, 2.05) is 6.07 Å². The van der Waals surface area contributed by atoms with Gasteiger partial charge in [-0.25, -0.2) is 21.9 Å². The first-order valence-corrected chi connectivity index (χ1v) is 8.75. The lowest BCUT2D eigenvalue weighted by molar-refractivity contribution is 0.514. The third kappa shape index (κ3) is 3.86. The second-order valence-electron chi connectivity index (χ2n) is 5.17. The Kier molecular flexibility index (Phi) is 4.82. The zero-order chi connectivity index (χ0) is 17.9. The van der Waals surface area contributed by atoms with E-state index in [1.165, 1.54) is 6.20 Å². The number of hydrogen-bond acceptors (Lipinski definition) is 4. The van der Waals surface area contributed by atoms with Gasteiger partial charge in [0.2, 0.25) is 10.0 Å². The lowest BCUT2D eigenvalue weighted by Crippen LogP contribution is -2.25. The van der Waals surface area contributed by atoms with Crippen LogP contribution in [0.15, 0.2) is 66.0 Å². The van der Waals surface area contributed by atoms with Crippen molar-refractivity contribution in [2.24, 2.45) is 0 Å². The Labute approximate surface area is 143 Å². The van der Waals surface area contributed by atoms with Gasteiger partial charge in [-0.1, -0.05) is 12.1 Å². The van der Waals surface area contributed by atoms with Crippen molar-refractivity contribution in [3.05, 3.63) is 78.3 Å². The molecule has 0 atom stereocenters. The molecule has 1 aromatic carbocycles. The van der Waals surface area contributed by atoms with Gasteiger partial charge in [0.15, 0.2) is 4.90 Å². The Morgan fingerprint density at radius 2 is 1.72 bits per heavy atom. The van der Waals surface area contributed by atoms with Crippen molar-refractivity contribution in [1.29, 1.82) is 0 Å². The van der Waals surface area contributed by atoms with Gasteiger partial charge in [-0.2, -0.15) is 0 Å². The number of nitrogens with one attached hydrogen (secondary N) is 1. The summed E-state index contributed by atoms with van der Waals surface area (Å²) in [5, 5.41) is 0. The fourth-order valence-electron chi connectivity index (χ4n) is 2.20. The van der Waals surface area contributed by atoms with Gasteiger partial charge in [0, 0.05) is 30.7 Å². The molecule has 0 spiro atoms. The Morgan fingerprint density at radius 1 is 0.960 bits per heavy atom. The summed E-state index contributed by atoms with van der Waals surface area (Å²) in [6.07, 6.45) is 4.79. The van der Waals surface area contributed by atoms with E-state index in [1.54, 1.807) is 30.6 Å². The number of nitrogens with zero attached hydrogens (tertiary/aromatic N) is 2. The molecule has 0 fully saturated rings. The third-order valence-corrected chi connectivity index (χ3v) is 4.89. The van der Waals surface area contributed by atoms with Gasteiger partial charge in [-0.3, -0.25) is 9.97 Å². The molecule has 0 saturated heterocycles. The van der Waals surface area contributed by atoms with Gasteiger partial charge >= 0.3 is 0 Å². The zero-order valence-corrected chi connectivity index (χ0v) is 13.7. The summed E-state index contributed by atoms with van der Waals surface area (Å²) in [6.45, 7) is -0.142. The molecular formula is C17H13F2N3O2S. The van der Waals surface area contributed by atoms with Crippen molar-refractivity contribution >= 4 is 10.0 Å². The van der Waals surface area contributed by atoms with Crippen LogP contribution in [0.3, 0.4) is 0 Å². The molecule has 25 heavy (non-hydrogen) atoms. The van der Waals surface area contributed by atoms with Crippen LogP contribution in [0.4, 0.5) is 8.78 Å². The number of pyridine rings is 2. The van der Waals surface area contributed by atoms with Crippen LogP contribution < -0.4 is 4.72 Å². The minimum Gasteiger partial charge on any atom is -0.264 e. The molecule has 2 heterocycles. The van der Waals surface area contributed by atoms with Crippen LogP contribution in [-0.2, 0) is 16.6 Å². The van der Waals surface area contributed by atoms with Gasteiger partial charge in [0.1, 0.15) is 11.6 Å². The predicted octanol–water partition coefficient (Wildman–Crippen LogP) is 2.90. The van der Waals surface area contributed by atoms with Crippen molar-refractivity contribution in [1.82, 2.24) is 14.7 Å². The standard InChI is InChI=1S/C17H13F2N3O2S/c18-14-4-1-5-15(19)17(14)25(23,24)22-10-12-6-7-16(21-9-12)13-3-2-8-20-11-13/h1-9,11,22H,10H2. The van der Waals surface area contributed by atoms with Crippen LogP contribution in [0, 0.1) is 11.6 Å². The molecule has 0 bridgehead atoms. The Balaban J connectivity index is 1.75. The number of rotatable bonds is 5. The largest absolute Gasteiger partial charge is 0.264 e. The summed E-state index contributed by atoms with van der Waals surface area (Å²) in [7, 11) is -4.32. The highest BCUT2D eigenvalue weighted by Crippen LogP contribution is 2.19. The Morgan fingerprint density at radius 3 is 2.32 bits per heavy atom. The number of halogens is 2. The molecule has 5 nitrogen and oxygen atoms in total. The molecule has 0 saturated carbocycles. The maximum Gasteiger partial charge on any atom is 0.246 e. The van der Waals surface area contributed by atoms with Crippen molar-refractivity contribution in [2.75, 3.05) is 0 Å². The van der Waals surface area contributed by atoms with Crippen LogP contribution >= 0.6 is 0 Å². The Hall–Kier alpha value is -2.71. The van der Waals surface area contributed by atoms with Crippen LogP contribution in [0.1, 0.15) is 5.56 Å². The average Bonchev–Trinajstić information content (AvgIpc) is 2.61. The van der Waals surface area contributed by atoms with E-state index in [-0.39, 0.29) is 6.54 Å². The summed E-state index contributed by atoms with van der Waals surface area (Å²) in [6, 6.07) is 9.90. The molecule has 3 rings (SSSR count). The zero-order valence-electron chi connectivity index (χ0n) is 12.9. The first-order valence-electron chi connectivity index (χ1n) is 7.26. The minimum atomic E-state index is -4.32. The van der Waals surface area contributed by atoms with Crippen molar-refractivity contribution in [3.63, 3.8) is 0 Å².